The molecule has 0 amide bonds. The summed E-state index contributed by atoms with van der Waals surface area (Å²) in [6.45, 7) is -0.383. The van der Waals surface area contributed by atoms with Gasteiger partial charge in [-0.1, -0.05) is 18.2 Å². The molecule has 0 spiro atoms. The van der Waals surface area contributed by atoms with Gasteiger partial charge in [-0.2, -0.15) is 0 Å². The predicted octanol–water partition coefficient (Wildman–Crippen LogP) is 1.47. The Morgan fingerprint density at radius 2 is 2.11 bits per heavy atom. The molecule has 7 heteroatoms. The highest BCUT2D eigenvalue weighted by atomic mass is 32.2. The first kappa shape index (κ1) is 12.6. The molecule has 0 atom stereocenters. The van der Waals surface area contributed by atoms with Crippen molar-refractivity contribution in [3.8, 4) is 5.75 Å². The van der Waals surface area contributed by atoms with Gasteiger partial charge in [0.25, 0.3) is 11.0 Å². The van der Waals surface area contributed by atoms with E-state index < -0.39 is 5.12 Å². The molecule has 0 saturated carbocycles. The fourth-order valence-corrected chi connectivity index (χ4v) is 1.64. The minimum absolute atomic E-state index is 0.0166. The van der Waals surface area contributed by atoms with Crippen molar-refractivity contribution in [2.75, 3.05) is 5.94 Å². The van der Waals surface area contributed by atoms with Gasteiger partial charge in [-0.25, -0.2) is 0 Å². The number of carbonyl (C=O) groups excluding carboxylic acids is 1. The molecule has 18 heavy (non-hydrogen) atoms. The Bertz CT molecular complexity index is 515. The van der Waals surface area contributed by atoms with E-state index in [0.29, 0.717) is 5.75 Å². The minimum Gasteiger partial charge on any atom is -0.483 e. The standard InChI is InChI=1S/C11H10N2O4S/c14-6-9-12-13-10(17-9)11(15)18-7-16-8-4-2-1-3-5-8/h1-5,14H,6-7H2. The molecule has 2 rings (SSSR count). The van der Waals surface area contributed by atoms with Gasteiger partial charge in [0, 0.05) is 0 Å². The Labute approximate surface area is 107 Å². The lowest BCUT2D eigenvalue weighted by atomic mass is 10.3. The number of rotatable bonds is 5. The van der Waals surface area contributed by atoms with Gasteiger partial charge in [0.05, 0.1) is 0 Å². The zero-order chi connectivity index (χ0) is 12.8. The van der Waals surface area contributed by atoms with Crippen LogP contribution in [0.4, 0.5) is 0 Å². The molecule has 0 aliphatic heterocycles. The summed E-state index contributed by atoms with van der Waals surface area (Å²) in [5.74, 6) is 0.711. The summed E-state index contributed by atoms with van der Waals surface area (Å²) >= 11 is 0.909. The molecule has 0 radical (unpaired) electrons. The Kier molecular flexibility index (Phi) is 4.32. The summed E-state index contributed by atoms with van der Waals surface area (Å²) in [7, 11) is 0. The van der Waals surface area contributed by atoms with E-state index in [1.165, 1.54) is 0 Å². The molecule has 0 aliphatic carbocycles. The number of hydrogen-bond acceptors (Lipinski definition) is 7. The van der Waals surface area contributed by atoms with E-state index in [0.717, 1.165) is 11.8 Å². The summed E-state index contributed by atoms with van der Waals surface area (Å²) in [6.07, 6.45) is 0. The third kappa shape index (κ3) is 3.31. The van der Waals surface area contributed by atoms with Crippen molar-refractivity contribution in [2.24, 2.45) is 0 Å². The molecule has 0 unspecified atom stereocenters. The minimum atomic E-state index is -0.391. The highest BCUT2D eigenvalue weighted by Gasteiger charge is 2.15. The van der Waals surface area contributed by atoms with Gasteiger partial charge < -0.3 is 14.3 Å². The molecule has 1 N–H and O–H groups in total. The molecule has 0 aliphatic rings. The van der Waals surface area contributed by atoms with Gasteiger partial charge >= 0.3 is 0 Å². The fraction of sp³-hybridized carbons (Fsp3) is 0.182. The fourth-order valence-electron chi connectivity index (χ4n) is 1.13. The van der Waals surface area contributed by atoms with Crippen molar-refractivity contribution in [1.82, 2.24) is 10.2 Å². The lowest BCUT2D eigenvalue weighted by Crippen LogP contribution is -2.00. The summed E-state index contributed by atoms with van der Waals surface area (Å²) in [6, 6.07) is 9.14. The summed E-state index contributed by atoms with van der Waals surface area (Å²) in [5, 5.41) is 15.3. The number of hydrogen-bond donors (Lipinski definition) is 1. The van der Waals surface area contributed by atoms with Crippen LogP contribution in [-0.2, 0) is 6.61 Å². The Morgan fingerprint density at radius 3 is 2.78 bits per heavy atom. The van der Waals surface area contributed by atoms with Crippen LogP contribution in [0.1, 0.15) is 16.6 Å². The number of aromatic nitrogens is 2. The number of benzene rings is 1. The Hall–Kier alpha value is -1.86. The second-order valence-corrected chi connectivity index (χ2v) is 4.06. The van der Waals surface area contributed by atoms with Crippen LogP contribution in [0.5, 0.6) is 5.75 Å². The molecule has 94 valence electrons. The van der Waals surface area contributed by atoms with Gasteiger partial charge in [0.15, 0.2) is 0 Å². The summed E-state index contributed by atoms with van der Waals surface area (Å²) in [5.41, 5.74) is 0. The second-order valence-electron chi connectivity index (χ2n) is 3.17. The lowest BCUT2D eigenvalue weighted by Gasteiger charge is -2.02. The molecule has 1 aromatic carbocycles. The predicted molar refractivity (Wildman–Crippen MR) is 64.1 cm³/mol. The van der Waals surface area contributed by atoms with Crippen LogP contribution < -0.4 is 4.74 Å². The van der Waals surface area contributed by atoms with E-state index in [1.54, 1.807) is 12.1 Å². The third-order valence-electron chi connectivity index (χ3n) is 1.94. The normalized spacial score (nSPS) is 10.3. The first-order valence-corrected chi connectivity index (χ1v) is 6.06. The van der Waals surface area contributed by atoms with Gasteiger partial charge in [0.2, 0.25) is 5.89 Å². The molecule has 1 aromatic heterocycles. The first-order chi connectivity index (χ1) is 8.79. The van der Waals surface area contributed by atoms with Gasteiger partial charge in [-0.05, 0) is 23.9 Å². The van der Waals surface area contributed by atoms with Crippen LogP contribution in [0.15, 0.2) is 34.7 Å². The van der Waals surface area contributed by atoms with E-state index in [2.05, 4.69) is 10.2 Å². The third-order valence-corrected chi connectivity index (χ3v) is 2.61. The topological polar surface area (TPSA) is 85.5 Å². The van der Waals surface area contributed by atoms with Gasteiger partial charge in [0.1, 0.15) is 18.3 Å². The van der Waals surface area contributed by atoms with Crippen molar-refractivity contribution < 1.29 is 19.1 Å². The van der Waals surface area contributed by atoms with E-state index in [9.17, 15) is 4.79 Å². The van der Waals surface area contributed by atoms with Crippen molar-refractivity contribution in [1.29, 1.82) is 0 Å². The zero-order valence-electron chi connectivity index (χ0n) is 9.28. The number of carbonyl (C=O) groups is 1. The first-order valence-electron chi connectivity index (χ1n) is 5.08. The molecule has 0 saturated heterocycles. The van der Waals surface area contributed by atoms with Gasteiger partial charge in [-0.3, -0.25) is 4.79 Å². The molecule has 6 nitrogen and oxygen atoms in total. The number of nitrogens with zero attached hydrogens (tertiary/aromatic N) is 2. The Balaban J connectivity index is 1.81. The molecular formula is C11H10N2O4S. The van der Waals surface area contributed by atoms with Crippen LogP contribution in [0.3, 0.4) is 0 Å². The molecule has 0 fully saturated rings. The highest BCUT2D eigenvalue weighted by molar-refractivity contribution is 8.14. The lowest BCUT2D eigenvalue weighted by molar-refractivity contribution is 0.105. The number of para-hydroxylation sites is 1. The molecule has 1 heterocycles. The quantitative estimate of drug-likeness (QED) is 0.820. The van der Waals surface area contributed by atoms with Crippen LogP contribution in [0.2, 0.25) is 0 Å². The maximum atomic E-state index is 11.6. The monoisotopic (exact) mass is 266 g/mol. The summed E-state index contributed by atoms with van der Waals surface area (Å²) < 4.78 is 10.2. The van der Waals surface area contributed by atoms with Crippen LogP contribution in [0.25, 0.3) is 0 Å². The molecular weight excluding hydrogens is 256 g/mol. The highest BCUT2D eigenvalue weighted by Crippen LogP contribution is 2.15. The molecule has 2 aromatic rings. The SMILES string of the molecule is O=C(SCOc1ccccc1)c1nnc(CO)o1. The van der Waals surface area contributed by atoms with Crippen LogP contribution in [-0.4, -0.2) is 26.4 Å². The van der Waals surface area contributed by atoms with Crippen LogP contribution >= 0.6 is 11.8 Å². The average Bonchev–Trinajstić information content (AvgIpc) is 2.89. The van der Waals surface area contributed by atoms with E-state index in [-0.39, 0.29) is 24.3 Å². The zero-order valence-corrected chi connectivity index (χ0v) is 10.1. The van der Waals surface area contributed by atoms with E-state index in [1.807, 2.05) is 18.2 Å². The average molecular weight is 266 g/mol. The number of aliphatic hydroxyl groups is 1. The van der Waals surface area contributed by atoms with E-state index >= 15 is 0 Å². The largest absolute Gasteiger partial charge is 0.483 e. The summed E-state index contributed by atoms with van der Waals surface area (Å²) in [4.78, 5) is 11.6. The van der Waals surface area contributed by atoms with Crippen molar-refractivity contribution in [2.45, 2.75) is 6.61 Å². The van der Waals surface area contributed by atoms with Gasteiger partial charge in [-0.15, -0.1) is 10.2 Å². The smallest absolute Gasteiger partial charge is 0.295 e. The van der Waals surface area contributed by atoms with Crippen molar-refractivity contribution >= 4 is 16.9 Å². The Morgan fingerprint density at radius 1 is 1.33 bits per heavy atom. The maximum Gasteiger partial charge on any atom is 0.295 e. The van der Waals surface area contributed by atoms with Crippen LogP contribution in [0, 0.1) is 0 Å². The number of aliphatic hydroxyl groups excluding tert-OH is 1. The number of ether oxygens (including phenoxy) is 1. The van der Waals surface area contributed by atoms with Crippen molar-refractivity contribution in [3.63, 3.8) is 0 Å². The molecule has 0 bridgehead atoms. The van der Waals surface area contributed by atoms with E-state index in [4.69, 9.17) is 14.3 Å². The second kappa shape index (κ2) is 6.18. The maximum absolute atomic E-state index is 11.6. The van der Waals surface area contributed by atoms with Crippen molar-refractivity contribution in [3.05, 3.63) is 42.1 Å². The number of thioether (sulfide) groups is 1.